The summed E-state index contributed by atoms with van der Waals surface area (Å²) in [5.41, 5.74) is 7.22. The summed E-state index contributed by atoms with van der Waals surface area (Å²) in [6.45, 7) is 1.22. The highest BCUT2D eigenvalue weighted by Gasteiger charge is 2.27. The van der Waals surface area contributed by atoms with Gasteiger partial charge in [-0.25, -0.2) is 0 Å². The molecule has 1 amide bonds. The van der Waals surface area contributed by atoms with Gasteiger partial charge in [0, 0.05) is 19.0 Å². The molecule has 1 atom stereocenters. The van der Waals surface area contributed by atoms with Crippen molar-refractivity contribution in [2.45, 2.75) is 12.8 Å². The first-order chi connectivity index (χ1) is 8.22. The summed E-state index contributed by atoms with van der Waals surface area (Å²) in [4.78, 5) is 18.3. The molecule has 7 heteroatoms. The van der Waals surface area contributed by atoms with E-state index in [1.54, 1.807) is 16.6 Å². The number of piperidine rings is 1. The van der Waals surface area contributed by atoms with E-state index in [1.165, 1.54) is 11.3 Å². The molecule has 0 bridgehead atoms. The number of rotatable bonds is 2. The summed E-state index contributed by atoms with van der Waals surface area (Å²) in [6, 6.07) is 0. The topological polar surface area (TPSA) is 91.8 Å². The lowest BCUT2D eigenvalue weighted by Crippen LogP contribution is -2.44. The van der Waals surface area contributed by atoms with Gasteiger partial charge in [0.1, 0.15) is 10.7 Å². The van der Waals surface area contributed by atoms with Crippen LogP contribution in [0.15, 0.2) is 16.9 Å². The Balaban J connectivity index is 2.05. The first-order valence-corrected chi connectivity index (χ1v) is 6.25. The summed E-state index contributed by atoms with van der Waals surface area (Å²) >= 11 is 1.33. The van der Waals surface area contributed by atoms with E-state index >= 15 is 0 Å². The second-order valence-corrected chi connectivity index (χ2v) is 4.87. The van der Waals surface area contributed by atoms with E-state index in [4.69, 9.17) is 10.9 Å². The van der Waals surface area contributed by atoms with Crippen LogP contribution in [0.25, 0.3) is 0 Å². The molecular weight excluding hydrogens is 240 g/mol. The van der Waals surface area contributed by atoms with Gasteiger partial charge >= 0.3 is 0 Å². The van der Waals surface area contributed by atoms with Gasteiger partial charge in [0.25, 0.3) is 5.91 Å². The standard InChI is InChI=1S/C10H14N4O2S/c11-9(13-16)7-2-1-3-14(5-7)10(15)8-4-12-6-17-8/h4,6-7,16H,1-3,5H2,(H2,11,13). The van der Waals surface area contributed by atoms with Crippen molar-refractivity contribution < 1.29 is 10.0 Å². The second-order valence-electron chi connectivity index (χ2n) is 3.98. The van der Waals surface area contributed by atoms with Gasteiger partial charge in [-0.2, -0.15) is 0 Å². The van der Waals surface area contributed by atoms with E-state index < -0.39 is 0 Å². The van der Waals surface area contributed by atoms with Crippen molar-refractivity contribution in [3.63, 3.8) is 0 Å². The molecule has 3 N–H and O–H groups in total. The number of nitrogens with zero attached hydrogens (tertiary/aromatic N) is 3. The zero-order chi connectivity index (χ0) is 12.3. The summed E-state index contributed by atoms with van der Waals surface area (Å²) < 4.78 is 0. The van der Waals surface area contributed by atoms with Crippen molar-refractivity contribution in [1.82, 2.24) is 9.88 Å². The SMILES string of the molecule is NC(=NO)C1CCCN(C(=O)c2cncs2)C1. The first kappa shape index (κ1) is 11.8. The lowest BCUT2D eigenvalue weighted by Gasteiger charge is -2.31. The van der Waals surface area contributed by atoms with Crippen LogP contribution >= 0.6 is 11.3 Å². The van der Waals surface area contributed by atoms with Crippen LogP contribution in [0.5, 0.6) is 0 Å². The largest absolute Gasteiger partial charge is 0.409 e. The molecule has 1 aliphatic rings. The molecule has 92 valence electrons. The fourth-order valence-electron chi connectivity index (χ4n) is 1.96. The fraction of sp³-hybridized carbons (Fsp3) is 0.500. The molecule has 2 heterocycles. The highest BCUT2D eigenvalue weighted by molar-refractivity contribution is 7.11. The molecule has 1 aliphatic heterocycles. The number of carbonyl (C=O) groups is 1. The van der Waals surface area contributed by atoms with Gasteiger partial charge in [-0.3, -0.25) is 9.78 Å². The quantitative estimate of drug-likeness (QED) is 0.352. The van der Waals surface area contributed by atoms with Gasteiger partial charge < -0.3 is 15.8 Å². The Morgan fingerprint density at radius 2 is 2.53 bits per heavy atom. The minimum Gasteiger partial charge on any atom is -0.409 e. The molecular formula is C10H14N4O2S. The van der Waals surface area contributed by atoms with Crippen LogP contribution in [-0.2, 0) is 0 Å². The molecule has 1 aromatic rings. The third kappa shape index (κ3) is 2.55. The minimum absolute atomic E-state index is 0.0251. The molecule has 0 aliphatic carbocycles. The van der Waals surface area contributed by atoms with Gasteiger partial charge in [-0.05, 0) is 12.8 Å². The average Bonchev–Trinajstić information content (AvgIpc) is 2.91. The predicted octanol–water partition coefficient (Wildman–Crippen LogP) is 0.742. The first-order valence-electron chi connectivity index (χ1n) is 5.37. The fourth-order valence-corrected chi connectivity index (χ4v) is 2.55. The summed E-state index contributed by atoms with van der Waals surface area (Å²) in [5, 5.41) is 11.7. The number of aromatic nitrogens is 1. The number of amides is 1. The molecule has 0 radical (unpaired) electrons. The number of hydrogen-bond donors (Lipinski definition) is 2. The number of likely N-dealkylation sites (tertiary alicyclic amines) is 1. The Labute approximate surface area is 103 Å². The monoisotopic (exact) mass is 254 g/mol. The van der Waals surface area contributed by atoms with Crippen molar-refractivity contribution in [1.29, 1.82) is 0 Å². The summed E-state index contributed by atoms with van der Waals surface area (Å²) in [5.74, 6) is 0.125. The number of thiazole rings is 1. The van der Waals surface area contributed by atoms with Crippen LogP contribution in [0.4, 0.5) is 0 Å². The highest BCUT2D eigenvalue weighted by atomic mass is 32.1. The van der Waals surface area contributed by atoms with Crippen LogP contribution in [-0.4, -0.2) is 39.9 Å². The molecule has 1 fully saturated rings. The summed E-state index contributed by atoms with van der Waals surface area (Å²) in [6.07, 6.45) is 3.29. The molecule has 1 unspecified atom stereocenters. The number of hydrogen-bond acceptors (Lipinski definition) is 5. The van der Waals surface area contributed by atoms with Crippen LogP contribution < -0.4 is 5.73 Å². The second kappa shape index (κ2) is 5.13. The number of oxime groups is 1. The van der Waals surface area contributed by atoms with Crippen molar-refractivity contribution in [2.75, 3.05) is 13.1 Å². The molecule has 6 nitrogen and oxygen atoms in total. The molecule has 1 saturated heterocycles. The van der Waals surface area contributed by atoms with Gasteiger partial charge in [0.05, 0.1) is 11.7 Å². The molecule has 0 saturated carbocycles. The number of amidine groups is 1. The van der Waals surface area contributed by atoms with E-state index in [-0.39, 0.29) is 17.7 Å². The third-order valence-electron chi connectivity index (χ3n) is 2.89. The number of nitrogens with two attached hydrogens (primary N) is 1. The minimum atomic E-state index is -0.0504. The maximum atomic E-state index is 12.1. The molecule has 2 rings (SSSR count). The number of carbonyl (C=O) groups excluding carboxylic acids is 1. The van der Waals surface area contributed by atoms with Gasteiger partial charge in [0.15, 0.2) is 0 Å². The van der Waals surface area contributed by atoms with Crippen molar-refractivity contribution in [3.8, 4) is 0 Å². The Morgan fingerprint density at radius 1 is 1.71 bits per heavy atom. The van der Waals surface area contributed by atoms with Crippen molar-refractivity contribution >= 4 is 23.1 Å². The van der Waals surface area contributed by atoms with Gasteiger partial charge in [-0.15, -0.1) is 11.3 Å². The Bertz CT molecular complexity index is 418. The van der Waals surface area contributed by atoms with E-state index in [1.807, 2.05) is 0 Å². The average molecular weight is 254 g/mol. The molecule has 1 aromatic heterocycles. The normalized spacial score (nSPS) is 21.5. The van der Waals surface area contributed by atoms with Crippen LogP contribution in [0.1, 0.15) is 22.5 Å². The molecule has 0 spiro atoms. The maximum Gasteiger partial charge on any atom is 0.265 e. The maximum absolute atomic E-state index is 12.1. The zero-order valence-electron chi connectivity index (χ0n) is 9.24. The lowest BCUT2D eigenvalue weighted by atomic mass is 9.97. The predicted molar refractivity (Wildman–Crippen MR) is 64.2 cm³/mol. The smallest absolute Gasteiger partial charge is 0.265 e. The Morgan fingerprint density at radius 3 is 3.18 bits per heavy atom. The molecule has 17 heavy (non-hydrogen) atoms. The Hall–Kier alpha value is -1.63. The van der Waals surface area contributed by atoms with Crippen molar-refractivity contribution in [3.05, 3.63) is 16.6 Å². The van der Waals surface area contributed by atoms with Gasteiger partial charge in [-0.1, -0.05) is 5.16 Å². The van der Waals surface area contributed by atoms with Crippen molar-refractivity contribution in [2.24, 2.45) is 16.8 Å². The summed E-state index contributed by atoms with van der Waals surface area (Å²) in [7, 11) is 0. The zero-order valence-corrected chi connectivity index (χ0v) is 10.1. The van der Waals surface area contributed by atoms with Crippen LogP contribution in [0.2, 0.25) is 0 Å². The Kier molecular flexibility index (Phi) is 3.58. The van der Waals surface area contributed by atoms with Crippen LogP contribution in [0, 0.1) is 5.92 Å². The van der Waals surface area contributed by atoms with Gasteiger partial charge in [0.2, 0.25) is 0 Å². The van der Waals surface area contributed by atoms with E-state index in [9.17, 15) is 4.79 Å². The van der Waals surface area contributed by atoms with Crippen LogP contribution in [0.3, 0.4) is 0 Å². The third-order valence-corrected chi connectivity index (χ3v) is 3.65. The van der Waals surface area contributed by atoms with E-state index in [2.05, 4.69) is 10.1 Å². The molecule has 0 aromatic carbocycles. The van der Waals surface area contributed by atoms with E-state index in [0.717, 1.165) is 12.8 Å². The lowest BCUT2D eigenvalue weighted by molar-refractivity contribution is 0.0706. The van der Waals surface area contributed by atoms with E-state index in [0.29, 0.717) is 18.0 Å². The highest BCUT2D eigenvalue weighted by Crippen LogP contribution is 2.19.